The van der Waals surface area contributed by atoms with Gasteiger partial charge in [-0.3, -0.25) is 4.79 Å². The van der Waals surface area contributed by atoms with Gasteiger partial charge in [-0.2, -0.15) is 8.78 Å². The Hall–Kier alpha value is -2.67. The number of alkyl halides is 2. The van der Waals surface area contributed by atoms with E-state index in [4.69, 9.17) is 4.74 Å². The molecule has 25 heavy (non-hydrogen) atoms. The molecule has 0 aromatic heterocycles. The van der Waals surface area contributed by atoms with Crippen molar-refractivity contribution in [3.8, 4) is 11.5 Å². The second-order valence-electron chi connectivity index (χ2n) is 5.58. The number of para-hydroxylation sites is 1. The number of benzene rings is 2. The van der Waals surface area contributed by atoms with Crippen LogP contribution < -0.4 is 4.74 Å². The number of morpholine rings is 1. The fourth-order valence-corrected chi connectivity index (χ4v) is 2.75. The first-order valence-corrected chi connectivity index (χ1v) is 7.78. The number of rotatable bonds is 4. The smallest absolute Gasteiger partial charge is 0.387 e. The molecule has 132 valence electrons. The van der Waals surface area contributed by atoms with E-state index < -0.39 is 12.7 Å². The molecule has 1 aliphatic heterocycles. The minimum absolute atomic E-state index is 0.0419. The first-order valence-electron chi connectivity index (χ1n) is 7.78. The Balaban J connectivity index is 1.75. The van der Waals surface area contributed by atoms with Gasteiger partial charge in [0, 0.05) is 6.54 Å². The summed E-state index contributed by atoms with van der Waals surface area (Å²) < 4.78 is 34.8. The molecule has 1 aliphatic rings. The minimum atomic E-state index is -2.90. The van der Waals surface area contributed by atoms with Gasteiger partial charge in [-0.25, -0.2) is 0 Å². The first-order chi connectivity index (χ1) is 12.0. The van der Waals surface area contributed by atoms with Gasteiger partial charge in [-0.05, 0) is 29.8 Å². The molecule has 0 aliphatic carbocycles. The van der Waals surface area contributed by atoms with Gasteiger partial charge in [0.15, 0.2) is 0 Å². The second-order valence-corrected chi connectivity index (χ2v) is 5.58. The average Bonchev–Trinajstić information content (AvgIpc) is 2.61. The van der Waals surface area contributed by atoms with Crippen LogP contribution in [-0.2, 0) is 4.74 Å². The SMILES string of the molecule is O=C(c1ccccc1O)N1CCO[C@@H](c2cccc(OC(F)F)c2)C1. The van der Waals surface area contributed by atoms with Crippen molar-refractivity contribution in [2.45, 2.75) is 12.7 Å². The standard InChI is InChI=1S/C18H17F2NO4/c19-18(20)25-13-5-3-4-12(10-13)16-11-21(8-9-24-16)17(23)14-6-1-2-7-15(14)22/h1-7,10,16,18,22H,8-9,11H2/t16-/m1/s1. The maximum absolute atomic E-state index is 12.6. The van der Waals surface area contributed by atoms with E-state index >= 15 is 0 Å². The lowest BCUT2D eigenvalue weighted by molar-refractivity contribution is -0.0504. The quantitative estimate of drug-likeness (QED) is 0.921. The maximum atomic E-state index is 12.6. The predicted octanol–water partition coefficient (Wildman–Crippen LogP) is 3.21. The van der Waals surface area contributed by atoms with Crippen molar-refractivity contribution in [1.29, 1.82) is 0 Å². The highest BCUT2D eigenvalue weighted by Crippen LogP contribution is 2.28. The Labute approximate surface area is 143 Å². The highest BCUT2D eigenvalue weighted by Gasteiger charge is 2.27. The number of hydrogen-bond acceptors (Lipinski definition) is 4. The number of hydrogen-bond donors (Lipinski definition) is 1. The zero-order chi connectivity index (χ0) is 17.8. The zero-order valence-electron chi connectivity index (χ0n) is 13.3. The van der Waals surface area contributed by atoms with Gasteiger partial charge >= 0.3 is 6.61 Å². The van der Waals surface area contributed by atoms with Crippen LogP contribution in [0.15, 0.2) is 48.5 Å². The van der Waals surface area contributed by atoms with E-state index in [9.17, 15) is 18.7 Å². The molecule has 1 N–H and O–H groups in total. The molecule has 1 saturated heterocycles. The molecular formula is C18H17F2NO4. The normalized spacial score (nSPS) is 17.6. The van der Waals surface area contributed by atoms with E-state index in [2.05, 4.69) is 4.74 Å². The van der Waals surface area contributed by atoms with Gasteiger partial charge in [0.25, 0.3) is 5.91 Å². The minimum Gasteiger partial charge on any atom is -0.507 e. The number of aromatic hydroxyl groups is 1. The zero-order valence-corrected chi connectivity index (χ0v) is 13.3. The highest BCUT2D eigenvalue weighted by atomic mass is 19.3. The van der Waals surface area contributed by atoms with Crippen LogP contribution in [0.2, 0.25) is 0 Å². The molecule has 2 aromatic rings. The molecule has 5 nitrogen and oxygen atoms in total. The van der Waals surface area contributed by atoms with Crippen molar-refractivity contribution in [1.82, 2.24) is 4.90 Å². The van der Waals surface area contributed by atoms with Gasteiger partial charge in [0.05, 0.1) is 18.7 Å². The van der Waals surface area contributed by atoms with Crippen LogP contribution in [0.1, 0.15) is 22.0 Å². The average molecular weight is 349 g/mol. The molecule has 1 fully saturated rings. The summed E-state index contributed by atoms with van der Waals surface area (Å²) in [6.45, 7) is -1.95. The van der Waals surface area contributed by atoms with Gasteiger partial charge in [-0.15, -0.1) is 0 Å². The van der Waals surface area contributed by atoms with Crippen molar-refractivity contribution in [3.05, 3.63) is 59.7 Å². The summed E-state index contributed by atoms with van der Waals surface area (Å²) in [5.74, 6) is -0.338. The Morgan fingerprint density at radius 1 is 1.24 bits per heavy atom. The molecule has 0 radical (unpaired) electrons. The van der Waals surface area contributed by atoms with Crippen molar-refractivity contribution >= 4 is 5.91 Å². The lowest BCUT2D eigenvalue weighted by Crippen LogP contribution is -2.42. The maximum Gasteiger partial charge on any atom is 0.387 e. The topological polar surface area (TPSA) is 59.0 Å². The van der Waals surface area contributed by atoms with Crippen molar-refractivity contribution in [3.63, 3.8) is 0 Å². The highest BCUT2D eigenvalue weighted by molar-refractivity contribution is 5.96. The third-order valence-electron chi connectivity index (χ3n) is 3.94. The second kappa shape index (κ2) is 7.48. The summed E-state index contributed by atoms with van der Waals surface area (Å²) in [6.07, 6.45) is -0.454. The van der Waals surface area contributed by atoms with Crippen LogP contribution in [0.4, 0.5) is 8.78 Å². The molecular weight excluding hydrogens is 332 g/mol. The van der Waals surface area contributed by atoms with Crippen LogP contribution >= 0.6 is 0 Å². The van der Waals surface area contributed by atoms with Crippen molar-refractivity contribution < 1.29 is 28.2 Å². The van der Waals surface area contributed by atoms with Crippen LogP contribution in [0.3, 0.4) is 0 Å². The third kappa shape index (κ3) is 4.06. The lowest BCUT2D eigenvalue weighted by Gasteiger charge is -2.33. The number of amides is 1. The Bertz CT molecular complexity index is 753. The number of nitrogens with zero attached hydrogens (tertiary/aromatic N) is 1. The number of phenolic OH excluding ortho intramolecular Hbond substituents is 1. The molecule has 0 bridgehead atoms. The number of halogens is 2. The molecule has 0 saturated carbocycles. The van der Waals surface area contributed by atoms with Gasteiger partial charge in [0.1, 0.15) is 17.6 Å². The van der Waals surface area contributed by atoms with E-state index in [0.29, 0.717) is 18.7 Å². The molecule has 0 unspecified atom stereocenters. The van der Waals surface area contributed by atoms with E-state index in [0.717, 1.165) is 0 Å². The molecule has 1 amide bonds. The van der Waals surface area contributed by atoms with E-state index in [1.54, 1.807) is 35.2 Å². The number of ether oxygens (including phenoxy) is 2. The largest absolute Gasteiger partial charge is 0.507 e. The molecule has 2 aromatic carbocycles. The van der Waals surface area contributed by atoms with E-state index in [-0.39, 0.29) is 29.5 Å². The monoisotopic (exact) mass is 349 g/mol. The molecule has 7 heteroatoms. The van der Waals surface area contributed by atoms with Crippen LogP contribution in [0.5, 0.6) is 11.5 Å². The predicted molar refractivity (Wildman–Crippen MR) is 85.8 cm³/mol. The molecule has 1 heterocycles. The van der Waals surface area contributed by atoms with Crippen LogP contribution in [-0.4, -0.2) is 42.2 Å². The molecule has 1 atom stereocenters. The fourth-order valence-electron chi connectivity index (χ4n) is 2.75. The summed E-state index contributed by atoms with van der Waals surface area (Å²) in [5, 5.41) is 9.85. The molecule has 3 rings (SSSR count). The first kappa shape index (κ1) is 17.2. The lowest BCUT2D eigenvalue weighted by atomic mass is 10.1. The van der Waals surface area contributed by atoms with Gasteiger partial charge in [-0.1, -0.05) is 24.3 Å². The third-order valence-corrected chi connectivity index (χ3v) is 3.94. The van der Waals surface area contributed by atoms with Crippen LogP contribution in [0, 0.1) is 0 Å². The summed E-state index contributed by atoms with van der Waals surface area (Å²) in [4.78, 5) is 14.2. The van der Waals surface area contributed by atoms with Crippen molar-refractivity contribution in [2.24, 2.45) is 0 Å². The van der Waals surface area contributed by atoms with Gasteiger partial charge in [0.2, 0.25) is 0 Å². The number of carbonyl (C=O) groups is 1. The Morgan fingerprint density at radius 2 is 2.04 bits per heavy atom. The summed E-state index contributed by atoms with van der Waals surface area (Å²) in [5.41, 5.74) is 0.867. The van der Waals surface area contributed by atoms with Crippen LogP contribution in [0.25, 0.3) is 0 Å². The van der Waals surface area contributed by atoms with Crippen molar-refractivity contribution in [2.75, 3.05) is 19.7 Å². The summed E-state index contributed by atoms with van der Waals surface area (Å²) in [6, 6.07) is 12.6. The van der Waals surface area contributed by atoms with Gasteiger partial charge < -0.3 is 19.5 Å². The van der Waals surface area contributed by atoms with E-state index in [1.165, 1.54) is 18.2 Å². The Morgan fingerprint density at radius 3 is 2.80 bits per heavy atom. The Kier molecular flexibility index (Phi) is 5.14. The number of carbonyl (C=O) groups excluding carboxylic acids is 1. The van der Waals surface area contributed by atoms with E-state index in [1.807, 2.05) is 0 Å². The number of phenols is 1. The summed E-state index contributed by atoms with van der Waals surface area (Å²) >= 11 is 0. The summed E-state index contributed by atoms with van der Waals surface area (Å²) in [7, 11) is 0. The fraction of sp³-hybridized carbons (Fsp3) is 0.278. The molecule has 0 spiro atoms.